The molecule has 0 saturated carbocycles. The molecule has 0 aliphatic carbocycles. The second kappa shape index (κ2) is 6.72. The molecule has 0 radical (unpaired) electrons. The molecule has 3 aromatic rings. The summed E-state index contributed by atoms with van der Waals surface area (Å²) < 4.78 is 10.9. The average Bonchev–Trinajstić information content (AvgIpc) is 3.40. The Balaban J connectivity index is 1.64. The van der Waals surface area contributed by atoms with E-state index in [1.807, 2.05) is 30.3 Å². The number of methoxy groups -OCH3 is 1. The van der Waals surface area contributed by atoms with Crippen LogP contribution >= 0.6 is 0 Å². The van der Waals surface area contributed by atoms with Crippen molar-refractivity contribution in [3.05, 3.63) is 53.5 Å². The second-order valence-corrected chi connectivity index (χ2v) is 6.31. The Morgan fingerprint density at radius 1 is 1.31 bits per heavy atom. The number of hydrogen-bond donors (Lipinski definition) is 1. The quantitative estimate of drug-likeness (QED) is 0.771. The van der Waals surface area contributed by atoms with Gasteiger partial charge in [0.05, 0.1) is 23.9 Å². The summed E-state index contributed by atoms with van der Waals surface area (Å²) in [7, 11) is 1.64. The minimum Gasteiger partial charge on any atom is -0.379 e. The average molecular weight is 353 g/mol. The topological polar surface area (TPSA) is 97.1 Å². The van der Waals surface area contributed by atoms with E-state index in [0.717, 1.165) is 11.3 Å². The summed E-state index contributed by atoms with van der Waals surface area (Å²) in [5, 5.41) is 14.7. The summed E-state index contributed by atoms with van der Waals surface area (Å²) in [5.74, 6) is 0.367. The van der Waals surface area contributed by atoms with Crippen molar-refractivity contribution in [2.45, 2.75) is 18.9 Å². The minimum atomic E-state index is -0.135. The summed E-state index contributed by atoms with van der Waals surface area (Å²) in [5.41, 5.74) is 2.69. The SMILES string of the molecule is CO[C@@H]1CN(C(=O)c2c(-c3ccccc3)noc2C)C[C@H]1c1cn[nH]n1. The third-order valence-electron chi connectivity index (χ3n) is 4.79. The van der Waals surface area contributed by atoms with Gasteiger partial charge in [-0.3, -0.25) is 4.79 Å². The maximum Gasteiger partial charge on any atom is 0.259 e. The molecule has 2 aromatic heterocycles. The monoisotopic (exact) mass is 353 g/mol. The van der Waals surface area contributed by atoms with Gasteiger partial charge in [-0.25, -0.2) is 0 Å². The molecule has 3 heterocycles. The first-order valence-corrected chi connectivity index (χ1v) is 8.38. The molecular weight excluding hydrogens is 334 g/mol. The maximum absolute atomic E-state index is 13.2. The van der Waals surface area contributed by atoms with E-state index in [9.17, 15) is 4.79 Å². The second-order valence-electron chi connectivity index (χ2n) is 6.31. The summed E-state index contributed by atoms with van der Waals surface area (Å²) in [4.78, 5) is 15.0. The van der Waals surface area contributed by atoms with Crippen LogP contribution in [0.25, 0.3) is 11.3 Å². The van der Waals surface area contributed by atoms with Gasteiger partial charge in [-0.1, -0.05) is 35.5 Å². The molecule has 26 heavy (non-hydrogen) atoms. The summed E-state index contributed by atoms with van der Waals surface area (Å²) in [6.07, 6.45) is 1.54. The molecule has 1 fully saturated rings. The zero-order valence-electron chi connectivity index (χ0n) is 14.5. The predicted molar refractivity (Wildman–Crippen MR) is 92.5 cm³/mol. The number of likely N-dealkylation sites (tertiary alicyclic amines) is 1. The van der Waals surface area contributed by atoms with E-state index in [4.69, 9.17) is 9.26 Å². The Kier molecular flexibility index (Phi) is 4.26. The van der Waals surface area contributed by atoms with Crippen molar-refractivity contribution in [2.24, 2.45) is 0 Å². The first-order valence-electron chi connectivity index (χ1n) is 8.38. The smallest absolute Gasteiger partial charge is 0.259 e. The van der Waals surface area contributed by atoms with Gasteiger partial charge in [-0.15, -0.1) is 0 Å². The van der Waals surface area contributed by atoms with Crippen LogP contribution in [0.4, 0.5) is 0 Å². The summed E-state index contributed by atoms with van der Waals surface area (Å²) in [6, 6.07) is 9.56. The highest BCUT2D eigenvalue weighted by Crippen LogP contribution is 2.32. The lowest BCUT2D eigenvalue weighted by Gasteiger charge is -2.16. The largest absolute Gasteiger partial charge is 0.379 e. The zero-order chi connectivity index (χ0) is 18.1. The predicted octanol–water partition coefficient (Wildman–Crippen LogP) is 2.02. The highest BCUT2D eigenvalue weighted by Gasteiger charge is 2.39. The lowest BCUT2D eigenvalue weighted by atomic mass is 10.0. The fourth-order valence-corrected chi connectivity index (χ4v) is 3.43. The molecule has 1 saturated heterocycles. The van der Waals surface area contributed by atoms with Gasteiger partial charge >= 0.3 is 0 Å². The van der Waals surface area contributed by atoms with Gasteiger partial charge in [0.15, 0.2) is 0 Å². The Morgan fingerprint density at radius 3 is 2.81 bits per heavy atom. The Hall–Kier alpha value is -3.00. The van der Waals surface area contributed by atoms with E-state index in [1.54, 1.807) is 25.1 Å². The zero-order valence-corrected chi connectivity index (χ0v) is 14.5. The van der Waals surface area contributed by atoms with Crippen molar-refractivity contribution in [3.63, 3.8) is 0 Å². The van der Waals surface area contributed by atoms with Crippen LogP contribution in [0.2, 0.25) is 0 Å². The van der Waals surface area contributed by atoms with E-state index in [1.165, 1.54) is 0 Å². The number of ether oxygens (including phenoxy) is 1. The van der Waals surface area contributed by atoms with Crippen molar-refractivity contribution in [3.8, 4) is 11.3 Å². The van der Waals surface area contributed by atoms with Crippen LogP contribution < -0.4 is 0 Å². The molecule has 134 valence electrons. The number of aromatic nitrogens is 4. The van der Waals surface area contributed by atoms with Crippen LogP contribution in [0.5, 0.6) is 0 Å². The summed E-state index contributed by atoms with van der Waals surface area (Å²) >= 11 is 0. The fraction of sp³-hybridized carbons (Fsp3) is 0.333. The normalized spacial score (nSPS) is 19.8. The molecule has 1 aliphatic rings. The van der Waals surface area contributed by atoms with Crippen LogP contribution in [0.15, 0.2) is 41.1 Å². The van der Waals surface area contributed by atoms with E-state index in [-0.39, 0.29) is 17.9 Å². The number of hydrogen-bond acceptors (Lipinski definition) is 6. The van der Waals surface area contributed by atoms with Gasteiger partial charge in [0.1, 0.15) is 17.0 Å². The fourth-order valence-electron chi connectivity index (χ4n) is 3.43. The van der Waals surface area contributed by atoms with E-state index < -0.39 is 0 Å². The van der Waals surface area contributed by atoms with Crippen LogP contribution in [0.1, 0.15) is 27.7 Å². The van der Waals surface area contributed by atoms with Crippen LogP contribution in [-0.4, -0.2) is 57.7 Å². The van der Waals surface area contributed by atoms with Gasteiger partial charge in [-0.05, 0) is 6.92 Å². The van der Waals surface area contributed by atoms with Crippen molar-refractivity contribution in [1.82, 2.24) is 25.5 Å². The number of nitrogens with zero attached hydrogens (tertiary/aromatic N) is 4. The number of benzene rings is 1. The molecule has 1 N–H and O–H groups in total. The lowest BCUT2D eigenvalue weighted by molar-refractivity contribution is 0.0713. The maximum atomic E-state index is 13.2. The van der Waals surface area contributed by atoms with Crippen molar-refractivity contribution >= 4 is 5.91 Å². The Morgan fingerprint density at radius 2 is 2.12 bits per heavy atom. The number of aryl methyl sites for hydroxylation is 1. The molecule has 8 heteroatoms. The van der Waals surface area contributed by atoms with Gasteiger partial charge in [0.2, 0.25) is 0 Å². The van der Waals surface area contributed by atoms with Crippen molar-refractivity contribution < 1.29 is 14.1 Å². The number of amides is 1. The van der Waals surface area contributed by atoms with Crippen LogP contribution in [0, 0.1) is 6.92 Å². The first kappa shape index (κ1) is 16.5. The van der Waals surface area contributed by atoms with E-state index in [2.05, 4.69) is 20.6 Å². The highest BCUT2D eigenvalue weighted by atomic mass is 16.5. The van der Waals surface area contributed by atoms with Gasteiger partial charge < -0.3 is 14.2 Å². The van der Waals surface area contributed by atoms with E-state index >= 15 is 0 Å². The molecule has 2 atom stereocenters. The number of nitrogens with one attached hydrogen (secondary N) is 1. The highest BCUT2D eigenvalue weighted by molar-refractivity contribution is 6.01. The van der Waals surface area contributed by atoms with Crippen molar-refractivity contribution in [1.29, 1.82) is 0 Å². The number of carbonyl (C=O) groups excluding carboxylic acids is 1. The molecule has 4 rings (SSSR count). The molecule has 0 unspecified atom stereocenters. The van der Waals surface area contributed by atoms with Crippen LogP contribution in [-0.2, 0) is 4.74 Å². The van der Waals surface area contributed by atoms with Crippen LogP contribution in [0.3, 0.4) is 0 Å². The molecule has 8 nitrogen and oxygen atoms in total. The minimum absolute atomic E-state index is 0.0250. The Bertz CT molecular complexity index is 891. The standard InChI is InChI=1S/C18H19N5O3/c1-11-16(17(21-26-11)12-6-4-3-5-7-12)18(24)23-9-13(15(10-23)25-2)14-8-19-22-20-14/h3-8,13,15H,9-10H2,1-2H3,(H,19,20,22)/t13-,15+/m0/s1. The van der Waals surface area contributed by atoms with Gasteiger partial charge in [0, 0.05) is 25.8 Å². The number of H-pyrrole nitrogens is 1. The molecule has 1 amide bonds. The Labute approximate surface area is 150 Å². The number of aromatic amines is 1. The van der Waals surface area contributed by atoms with E-state index in [0.29, 0.717) is 30.1 Å². The molecular formula is C18H19N5O3. The van der Waals surface area contributed by atoms with Gasteiger partial charge in [-0.2, -0.15) is 15.4 Å². The number of carbonyl (C=O) groups is 1. The molecule has 0 bridgehead atoms. The lowest BCUT2D eigenvalue weighted by Crippen LogP contribution is -2.30. The molecule has 1 aliphatic heterocycles. The summed E-state index contributed by atoms with van der Waals surface area (Å²) in [6.45, 7) is 2.74. The van der Waals surface area contributed by atoms with Gasteiger partial charge in [0.25, 0.3) is 5.91 Å². The van der Waals surface area contributed by atoms with Crippen molar-refractivity contribution in [2.75, 3.05) is 20.2 Å². The molecule has 0 spiro atoms. The number of rotatable bonds is 4. The first-order chi connectivity index (χ1) is 12.7. The third kappa shape index (κ3) is 2.78. The third-order valence-corrected chi connectivity index (χ3v) is 4.79. The molecule has 1 aromatic carbocycles.